The first kappa shape index (κ1) is 25.2. The smallest absolute Gasteiger partial charge is 0.355 e. The summed E-state index contributed by atoms with van der Waals surface area (Å²) in [4.78, 5) is 46.0. The van der Waals surface area contributed by atoms with Gasteiger partial charge >= 0.3 is 5.69 Å². The first-order chi connectivity index (χ1) is 19.0. The summed E-state index contributed by atoms with van der Waals surface area (Å²) in [6, 6.07) is 10.4. The minimum Gasteiger partial charge on any atom is -0.494 e. The number of para-hydroxylation sites is 1. The van der Waals surface area contributed by atoms with Gasteiger partial charge in [0.05, 0.1) is 29.6 Å². The largest absolute Gasteiger partial charge is 0.494 e. The van der Waals surface area contributed by atoms with Crippen LogP contribution in [0.5, 0.6) is 5.75 Å². The van der Waals surface area contributed by atoms with Gasteiger partial charge in [0.1, 0.15) is 30.1 Å². The Labute approximate surface area is 222 Å². The van der Waals surface area contributed by atoms with Gasteiger partial charge in [0, 0.05) is 38.1 Å². The lowest BCUT2D eigenvalue weighted by molar-refractivity contribution is 0.0988. The molecule has 5 rings (SSSR count). The van der Waals surface area contributed by atoms with Gasteiger partial charge in [0.2, 0.25) is 0 Å². The Morgan fingerprint density at radius 3 is 2.62 bits per heavy atom. The van der Waals surface area contributed by atoms with Gasteiger partial charge in [-0.1, -0.05) is 13.0 Å². The Morgan fingerprint density at radius 2 is 1.92 bits per heavy atom. The van der Waals surface area contributed by atoms with Crippen molar-refractivity contribution in [1.82, 2.24) is 39.3 Å². The minimum atomic E-state index is -0.528. The van der Waals surface area contributed by atoms with Crippen molar-refractivity contribution in [3.05, 3.63) is 83.7 Å². The fourth-order valence-corrected chi connectivity index (χ4v) is 3.88. The summed E-state index contributed by atoms with van der Waals surface area (Å²) in [6.07, 6.45) is 7.82. The zero-order chi connectivity index (χ0) is 27.4. The van der Waals surface area contributed by atoms with Gasteiger partial charge in [-0.3, -0.25) is 14.0 Å². The van der Waals surface area contributed by atoms with Gasteiger partial charge in [0.15, 0.2) is 17.4 Å². The van der Waals surface area contributed by atoms with Crippen LogP contribution in [-0.4, -0.2) is 52.2 Å². The highest BCUT2D eigenvalue weighted by atomic mass is 16.5. The molecule has 196 valence electrons. The monoisotopic (exact) mass is 524 g/mol. The van der Waals surface area contributed by atoms with E-state index >= 15 is 0 Å². The van der Waals surface area contributed by atoms with Crippen LogP contribution >= 0.6 is 0 Å². The van der Waals surface area contributed by atoms with Crippen molar-refractivity contribution in [3.8, 4) is 23.0 Å². The molecule has 1 aromatic carbocycles. The van der Waals surface area contributed by atoms with Crippen molar-refractivity contribution >= 4 is 28.8 Å². The first-order valence-corrected chi connectivity index (χ1v) is 11.9. The number of carbonyl (C=O) groups is 1. The Kier molecular flexibility index (Phi) is 7.03. The Hall–Kier alpha value is -5.46. The number of hydrogen-bond acceptors (Lipinski definition) is 11. The number of Topliss-reactive ketones (excluding diaryl/α,β-unsaturated/α-hetero) is 1. The highest BCUT2D eigenvalue weighted by Crippen LogP contribution is 2.37. The van der Waals surface area contributed by atoms with E-state index in [0.717, 1.165) is 0 Å². The Balaban J connectivity index is 1.48. The highest BCUT2D eigenvalue weighted by molar-refractivity contribution is 6.02. The summed E-state index contributed by atoms with van der Waals surface area (Å²) < 4.78 is 8.60. The molecule has 0 unspecified atom stereocenters. The summed E-state index contributed by atoms with van der Waals surface area (Å²) in [6.45, 7) is 1.78. The van der Waals surface area contributed by atoms with E-state index in [4.69, 9.17) is 4.74 Å². The van der Waals surface area contributed by atoms with Crippen LogP contribution in [0, 0.1) is 0 Å². The predicted octanol–water partition coefficient (Wildman–Crippen LogP) is 3.30. The molecule has 0 fully saturated rings. The van der Waals surface area contributed by atoms with E-state index in [2.05, 4.69) is 40.7 Å². The third-order valence-corrected chi connectivity index (χ3v) is 5.73. The van der Waals surface area contributed by atoms with Gasteiger partial charge in [-0.15, -0.1) is 0 Å². The SMILES string of the molecule is CCC(=O)c1cnc(Nc2ccn(-c3ccncn3)c(=O)n2)cc1Nc1cccc(-c2ncn(C)n2)c1OC. The molecule has 0 saturated carbocycles. The third kappa shape index (κ3) is 5.32. The van der Waals surface area contributed by atoms with Crippen LogP contribution < -0.4 is 21.1 Å². The highest BCUT2D eigenvalue weighted by Gasteiger charge is 2.18. The number of pyridine rings is 1. The maximum Gasteiger partial charge on any atom is 0.355 e. The maximum absolute atomic E-state index is 12.7. The van der Waals surface area contributed by atoms with E-state index < -0.39 is 5.69 Å². The summed E-state index contributed by atoms with van der Waals surface area (Å²) in [5, 5.41) is 10.7. The molecule has 5 aromatic rings. The average Bonchev–Trinajstić information content (AvgIpc) is 3.39. The average molecular weight is 525 g/mol. The summed E-state index contributed by atoms with van der Waals surface area (Å²) in [5.41, 5.74) is 1.67. The molecule has 39 heavy (non-hydrogen) atoms. The molecule has 0 spiro atoms. The van der Waals surface area contributed by atoms with Crippen LogP contribution in [0.3, 0.4) is 0 Å². The number of hydrogen-bond donors (Lipinski definition) is 2. The topological polar surface area (TPSA) is 155 Å². The summed E-state index contributed by atoms with van der Waals surface area (Å²) in [7, 11) is 3.34. The zero-order valence-electron chi connectivity index (χ0n) is 21.4. The van der Waals surface area contributed by atoms with E-state index in [9.17, 15) is 9.59 Å². The van der Waals surface area contributed by atoms with Gasteiger partial charge in [-0.25, -0.2) is 24.7 Å². The van der Waals surface area contributed by atoms with Crippen molar-refractivity contribution in [1.29, 1.82) is 0 Å². The number of aromatic nitrogens is 8. The number of methoxy groups -OCH3 is 1. The Morgan fingerprint density at radius 1 is 1.05 bits per heavy atom. The molecular weight excluding hydrogens is 500 g/mol. The fraction of sp³-hybridized carbons (Fsp3) is 0.154. The second-order valence-corrected chi connectivity index (χ2v) is 8.30. The van der Waals surface area contributed by atoms with Crippen LogP contribution in [0.1, 0.15) is 23.7 Å². The van der Waals surface area contributed by atoms with E-state index in [0.29, 0.717) is 52.1 Å². The molecule has 0 saturated heterocycles. The van der Waals surface area contributed by atoms with Gasteiger partial charge in [0.25, 0.3) is 0 Å². The molecule has 2 N–H and O–H groups in total. The van der Waals surface area contributed by atoms with Crippen molar-refractivity contribution in [3.63, 3.8) is 0 Å². The molecule has 0 amide bonds. The second-order valence-electron chi connectivity index (χ2n) is 8.30. The number of nitrogens with zero attached hydrogens (tertiary/aromatic N) is 8. The van der Waals surface area contributed by atoms with Crippen LogP contribution in [0.15, 0.2) is 72.4 Å². The summed E-state index contributed by atoms with van der Waals surface area (Å²) in [5.74, 6) is 1.97. The van der Waals surface area contributed by atoms with Gasteiger partial charge < -0.3 is 15.4 Å². The molecule has 4 heterocycles. The Bertz CT molecular complexity index is 1700. The van der Waals surface area contributed by atoms with Gasteiger partial charge in [-0.05, 0) is 24.3 Å². The van der Waals surface area contributed by atoms with Crippen molar-refractivity contribution < 1.29 is 9.53 Å². The number of ketones is 1. The number of aryl methyl sites for hydroxylation is 1. The number of nitrogens with one attached hydrogen (secondary N) is 2. The molecule has 13 heteroatoms. The molecule has 0 aliphatic heterocycles. The lowest BCUT2D eigenvalue weighted by Crippen LogP contribution is -2.22. The number of carbonyl (C=O) groups excluding carboxylic acids is 1. The molecule has 0 aliphatic rings. The third-order valence-electron chi connectivity index (χ3n) is 5.73. The van der Waals surface area contributed by atoms with Crippen LogP contribution in [0.4, 0.5) is 23.0 Å². The molecule has 0 aliphatic carbocycles. The quantitative estimate of drug-likeness (QED) is 0.273. The van der Waals surface area contributed by atoms with E-state index in [1.807, 2.05) is 18.2 Å². The van der Waals surface area contributed by atoms with Gasteiger partial charge in [-0.2, -0.15) is 10.1 Å². The molecule has 4 aromatic heterocycles. The number of benzene rings is 1. The second kappa shape index (κ2) is 10.9. The lowest BCUT2D eigenvalue weighted by atomic mass is 10.1. The van der Waals surface area contributed by atoms with E-state index in [1.165, 1.54) is 23.3 Å². The van der Waals surface area contributed by atoms with E-state index in [1.54, 1.807) is 56.5 Å². The van der Waals surface area contributed by atoms with Crippen LogP contribution in [-0.2, 0) is 7.05 Å². The standard InChI is InChI=1S/C26H24N10O3/c1-4-20(37)17-13-28-22(32-21-9-11-36(26(38)33-21)23-8-10-27-14-29-23)12-19(17)31-18-7-5-6-16(24(18)39-3)25-30-15-35(2)34-25/h5-15H,4H2,1-3H3,(H2,28,31,32,33,38). The molecular formula is C26H24N10O3. The summed E-state index contributed by atoms with van der Waals surface area (Å²) >= 11 is 0. The number of rotatable bonds is 9. The van der Waals surface area contributed by atoms with E-state index in [-0.39, 0.29) is 11.6 Å². The van der Waals surface area contributed by atoms with Crippen molar-refractivity contribution in [2.75, 3.05) is 17.7 Å². The molecule has 0 radical (unpaired) electrons. The predicted molar refractivity (Wildman–Crippen MR) is 144 cm³/mol. The first-order valence-electron chi connectivity index (χ1n) is 11.9. The van der Waals surface area contributed by atoms with Crippen LogP contribution in [0.25, 0.3) is 17.2 Å². The number of ether oxygens (including phenoxy) is 1. The fourth-order valence-electron chi connectivity index (χ4n) is 3.88. The maximum atomic E-state index is 12.7. The van der Waals surface area contributed by atoms with Crippen molar-refractivity contribution in [2.45, 2.75) is 13.3 Å². The lowest BCUT2D eigenvalue weighted by Gasteiger charge is -2.17. The normalized spacial score (nSPS) is 10.7. The number of anilines is 4. The molecule has 0 atom stereocenters. The molecule has 0 bridgehead atoms. The van der Waals surface area contributed by atoms with Crippen molar-refractivity contribution in [2.24, 2.45) is 7.05 Å². The molecule has 13 nitrogen and oxygen atoms in total. The zero-order valence-corrected chi connectivity index (χ0v) is 21.4. The van der Waals surface area contributed by atoms with Crippen LogP contribution in [0.2, 0.25) is 0 Å². The minimum absolute atomic E-state index is 0.0939.